The first-order chi connectivity index (χ1) is 13.6. The van der Waals surface area contributed by atoms with Crippen molar-refractivity contribution < 1.29 is 4.79 Å². The summed E-state index contributed by atoms with van der Waals surface area (Å²) in [6.07, 6.45) is 4.89. The summed E-state index contributed by atoms with van der Waals surface area (Å²) in [4.78, 5) is 27.8. The van der Waals surface area contributed by atoms with Gasteiger partial charge in [0.05, 0.1) is 17.6 Å². The minimum absolute atomic E-state index is 0.0333. The van der Waals surface area contributed by atoms with Crippen LogP contribution in [0.3, 0.4) is 0 Å². The molecule has 4 rings (SSSR count). The van der Waals surface area contributed by atoms with Gasteiger partial charge in [0, 0.05) is 18.5 Å². The van der Waals surface area contributed by atoms with Crippen molar-refractivity contribution in [1.82, 2.24) is 24.5 Å². The second kappa shape index (κ2) is 7.58. The van der Waals surface area contributed by atoms with Gasteiger partial charge in [0.2, 0.25) is 5.91 Å². The average Bonchev–Trinajstić information content (AvgIpc) is 3.16. The monoisotopic (exact) mass is 379 g/mol. The van der Waals surface area contributed by atoms with Crippen LogP contribution in [0, 0.1) is 0 Å². The van der Waals surface area contributed by atoms with Gasteiger partial charge >= 0.3 is 0 Å². The molecule has 1 fully saturated rings. The van der Waals surface area contributed by atoms with Crippen LogP contribution >= 0.6 is 0 Å². The molecule has 0 radical (unpaired) electrons. The molecule has 0 atom stereocenters. The van der Waals surface area contributed by atoms with E-state index in [1.54, 1.807) is 10.9 Å². The van der Waals surface area contributed by atoms with Crippen LogP contribution in [0.1, 0.15) is 44.7 Å². The zero-order chi connectivity index (χ0) is 19.7. The molecular formula is C21H25N5O2. The van der Waals surface area contributed by atoms with Gasteiger partial charge in [-0.1, -0.05) is 32.0 Å². The van der Waals surface area contributed by atoms with Gasteiger partial charge in [-0.15, -0.1) is 0 Å². The predicted molar refractivity (Wildman–Crippen MR) is 108 cm³/mol. The topological polar surface area (TPSA) is 73.0 Å². The van der Waals surface area contributed by atoms with Crippen LogP contribution < -0.4 is 5.56 Å². The van der Waals surface area contributed by atoms with E-state index in [-0.39, 0.29) is 23.9 Å². The van der Waals surface area contributed by atoms with E-state index in [1.165, 1.54) is 4.68 Å². The Bertz CT molecular complexity index is 1050. The number of nitrogens with zero attached hydrogens (tertiary/aromatic N) is 5. The Kier molecular flexibility index (Phi) is 4.98. The Morgan fingerprint density at radius 1 is 1.11 bits per heavy atom. The number of carbonyl (C=O) groups excluding carboxylic acids is 1. The minimum atomic E-state index is -0.286. The van der Waals surface area contributed by atoms with E-state index in [1.807, 2.05) is 49.1 Å². The Balaban J connectivity index is 1.81. The van der Waals surface area contributed by atoms with Gasteiger partial charge in [0.15, 0.2) is 0 Å². The number of para-hydroxylation sites is 1. The summed E-state index contributed by atoms with van der Waals surface area (Å²) in [5.74, 6) is 0.0574. The normalized spacial score (nSPS) is 14.8. The molecule has 1 aliphatic heterocycles. The van der Waals surface area contributed by atoms with E-state index in [9.17, 15) is 9.59 Å². The highest BCUT2D eigenvalue weighted by molar-refractivity contribution is 5.82. The highest BCUT2D eigenvalue weighted by atomic mass is 16.2. The molecule has 1 aromatic carbocycles. The largest absolute Gasteiger partial charge is 0.341 e. The fraction of sp³-hybridized carbons (Fsp3) is 0.429. The zero-order valence-corrected chi connectivity index (χ0v) is 16.3. The number of rotatable bonds is 4. The smallest absolute Gasteiger partial charge is 0.293 e. The Morgan fingerprint density at radius 3 is 2.50 bits per heavy atom. The van der Waals surface area contributed by atoms with Crippen LogP contribution in [0.25, 0.3) is 16.6 Å². The standard InChI is InChI=1S/C21H25N5O2/c1-15(2)19-17-13-22-26(16-9-5-3-6-10-16)20(17)21(28)25(23-19)14-18(27)24-11-7-4-8-12-24/h3,5-6,9-10,13,15H,4,7-8,11-12,14H2,1-2H3. The average molecular weight is 379 g/mol. The fourth-order valence-electron chi connectivity index (χ4n) is 3.76. The van der Waals surface area contributed by atoms with Crippen molar-refractivity contribution in [2.45, 2.75) is 45.6 Å². The first-order valence-corrected chi connectivity index (χ1v) is 9.88. The fourth-order valence-corrected chi connectivity index (χ4v) is 3.76. The Hall–Kier alpha value is -2.96. The lowest BCUT2D eigenvalue weighted by Crippen LogP contribution is -2.40. The molecule has 146 valence electrons. The van der Waals surface area contributed by atoms with Crippen molar-refractivity contribution in [1.29, 1.82) is 0 Å². The molecule has 0 N–H and O–H groups in total. The molecule has 0 spiro atoms. The number of aromatic nitrogens is 4. The van der Waals surface area contributed by atoms with Gasteiger partial charge in [-0.05, 0) is 37.3 Å². The molecule has 2 aromatic heterocycles. The zero-order valence-electron chi connectivity index (χ0n) is 16.3. The maximum absolute atomic E-state index is 13.2. The predicted octanol–water partition coefficient (Wildman–Crippen LogP) is 2.72. The summed E-state index contributed by atoms with van der Waals surface area (Å²) >= 11 is 0. The molecule has 0 aliphatic carbocycles. The minimum Gasteiger partial charge on any atom is -0.341 e. The molecule has 28 heavy (non-hydrogen) atoms. The molecule has 0 saturated carbocycles. The summed E-state index contributed by atoms with van der Waals surface area (Å²) in [6, 6.07) is 9.55. The van der Waals surface area contributed by atoms with Crippen molar-refractivity contribution in [3.63, 3.8) is 0 Å². The second-order valence-corrected chi connectivity index (χ2v) is 7.60. The molecule has 3 aromatic rings. The first kappa shape index (κ1) is 18.4. The van der Waals surface area contributed by atoms with E-state index in [2.05, 4.69) is 10.2 Å². The number of piperidine rings is 1. The highest BCUT2D eigenvalue weighted by Crippen LogP contribution is 2.23. The Morgan fingerprint density at radius 2 is 1.82 bits per heavy atom. The van der Waals surface area contributed by atoms with Gasteiger partial charge in [0.1, 0.15) is 12.1 Å². The molecule has 1 amide bonds. The lowest BCUT2D eigenvalue weighted by Gasteiger charge is -2.26. The van der Waals surface area contributed by atoms with Gasteiger partial charge in [-0.2, -0.15) is 10.2 Å². The van der Waals surface area contributed by atoms with Gasteiger partial charge in [-0.25, -0.2) is 9.36 Å². The van der Waals surface area contributed by atoms with Crippen LogP contribution in [0.2, 0.25) is 0 Å². The van der Waals surface area contributed by atoms with Crippen LogP contribution in [0.5, 0.6) is 0 Å². The summed E-state index contributed by atoms with van der Waals surface area (Å²) in [5.41, 5.74) is 1.77. The quantitative estimate of drug-likeness (QED) is 0.699. The molecule has 3 heterocycles. The summed E-state index contributed by atoms with van der Waals surface area (Å²) in [5, 5.41) is 9.73. The van der Waals surface area contributed by atoms with Crippen molar-refractivity contribution in [2.75, 3.05) is 13.1 Å². The molecule has 1 aliphatic rings. The number of hydrogen-bond donors (Lipinski definition) is 0. The van der Waals surface area contributed by atoms with Gasteiger partial charge in [-0.3, -0.25) is 9.59 Å². The van der Waals surface area contributed by atoms with E-state index in [4.69, 9.17) is 0 Å². The molecule has 0 unspecified atom stereocenters. The number of hydrogen-bond acceptors (Lipinski definition) is 4. The SMILES string of the molecule is CC(C)c1nn(CC(=O)N2CCCCC2)c(=O)c2c1cnn2-c1ccccc1. The third-order valence-electron chi connectivity index (χ3n) is 5.25. The third-order valence-corrected chi connectivity index (χ3v) is 5.25. The van der Waals surface area contributed by atoms with E-state index < -0.39 is 0 Å². The highest BCUT2D eigenvalue weighted by Gasteiger charge is 2.22. The molecule has 7 heteroatoms. The van der Waals surface area contributed by atoms with Crippen molar-refractivity contribution >= 4 is 16.8 Å². The maximum Gasteiger partial charge on any atom is 0.293 e. The lowest BCUT2D eigenvalue weighted by atomic mass is 10.1. The molecular weight excluding hydrogens is 354 g/mol. The maximum atomic E-state index is 13.2. The van der Waals surface area contributed by atoms with Gasteiger partial charge in [0.25, 0.3) is 5.56 Å². The van der Waals surface area contributed by atoms with Crippen molar-refractivity contribution in [3.8, 4) is 5.69 Å². The van der Waals surface area contributed by atoms with E-state index in [0.717, 1.165) is 49.1 Å². The number of carbonyl (C=O) groups is 1. The van der Waals surface area contributed by atoms with Crippen LogP contribution in [-0.2, 0) is 11.3 Å². The molecule has 1 saturated heterocycles. The number of likely N-dealkylation sites (tertiary alicyclic amines) is 1. The molecule has 7 nitrogen and oxygen atoms in total. The number of amides is 1. The number of benzene rings is 1. The summed E-state index contributed by atoms with van der Waals surface area (Å²) in [7, 11) is 0. The van der Waals surface area contributed by atoms with Gasteiger partial charge < -0.3 is 4.90 Å². The third kappa shape index (κ3) is 3.32. The van der Waals surface area contributed by atoms with Crippen LogP contribution in [0.4, 0.5) is 0 Å². The van der Waals surface area contributed by atoms with E-state index in [0.29, 0.717) is 5.52 Å². The number of fused-ring (bicyclic) bond motifs is 1. The Labute approximate surface area is 163 Å². The summed E-state index contributed by atoms with van der Waals surface area (Å²) < 4.78 is 2.96. The van der Waals surface area contributed by atoms with Crippen molar-refractivity contribution in [3.05, 3.63) is 52.6 Å². The van der Waals surface area contributed by atoms with Crippen molar-refractivity contribution in [2.24, 2.45) is 0 Å². The second-order valence-electron chi connectivity index (χ2n) is 7.60. The van der Waals surface area contributed by atoms with Crippen LogP contribution in [-0.4, -0.2) is 43.5 Å². The molecule has 0 bridgehead atoms. The van der Waals surface area contributed by atoms with E-state index >= 15 is 0 Å². The van der Waals surface area contributed by atoms with Crippen LogP contribution in [0.15, 0.2) is 41.3 Å². The summed E-state index contributed by atoms with van der Waals surface area (Å²) in [6.45, 7) is 5.55. The first-order valence-electron chi connectivity index (χ1n) is 9.88. The lowest BCUT2D eigenvalue weighted by molar-refractivity contribution is -0.133.